The summed E-state index contributed by atoms with van der Waals surface area (Å²) in [6.45, 7) is 1.93. The highest BCUT2D eigenvalue weighted by Crippen LogP contribution is 2.38. The first-order chi connectivity index (χ1) is 13.4. The van der Waals surface area contributed by atoms with E-state index in [1.54, 1.807) is 7.05 Å². The molecule has 2 rings (SSSR count). The van der Waals surface area contributed by atoms with Crippen molar-refractivity contribution in [2.24, 2.45) is 0 Å². The van der Waals surface area contributed by atoms with Crippen molar-refractivity contribution in [1.82, 2.24) is 4.90 Å². The maximum atomic E-state index is 12.8. The summed E-state index contributed by atoms with van der Waals surface area (Å²) >= 11 is 0. The third-order valence-electron chi connectivity index (χ3n) is 4.80. The summed E-state index contributed by atoms with van der Waals surface area (Å²) in [5.41, 5.74) is 1.40. The molecule has 6 nitrogen and oxygen atoms in total. The number of hydrogen-bond donors (Lipinski definition) is 0. The molecule has 2 aromatic carbocycles. The highest BCUT2D eigenvalue weighted by molar-refractivity contribution is 6.42. The number of carbonyl (C=O) groups excluding carboxylic acids is 2. The van der Waals surface area contributed by atoms with Gasteiger partial charge in [0.2, 0.25) is 5.75 Å². The standard InChI is InChI=1S/C22H27NO5/c1-15(11-12-16-9-7-6-8-10-16)23(2)22(25)20(24)17-13-18(26-3)21(28-5)19(14-17)27-4/h6-10,13-15H,11-12H2,1-5H3. The smallest absolute Gasteiger partial charge is 0.294 e. The minimum atomic E-state index is -0.617. The fourth-order valence-corrected chi connectivity index (χ4v) is 2.91. The molecule has 0 saturated heterocycles. The largest absolute Gasteiger partial charge is 0.493 e. The number of nitrogens with zero attached hydrogens (tertiary/aromatic N) is 1. The number of rotatable bonds is 9. The van der Waals surface area contributed by atoms with Crippen LogP contribution in [0.15, 0.2) is 42.5 Å². The second-order valence-electron chi connectivity index (χ2n) is 6.53. The number of hydrogen-bond acceptors (Lipinski definition) is 5. The molecule has 0 saturated carbocycles. The van der Waals surface area contributed by atoms with Crippen LogP contribution >= 0.6 is 0 Å². The Morgan fingerprint density at radius 3 is 2.04 bits per heavy atom. The van der Waals surface area contributed by atoms with Gasteiger partial charge in [-0.05, 0) is 37.5 Å². The second kappa shape index (κ2) is 9.78. The summed E-state index contributed by atoms with van der Waals surface area (Å²) < 4.78 is 15.8. The first-order valence-electron chi connectivity index (χ1n) is 9.08. The molecule has 0 aliphatic heterocycles. The van der Waals surface area contributed by atoms with Gasteiger partial charge in [0.05, 0.1) is 21.3 Å². The van der Waals surface area contributed by atoms with Gasteiger partial charge in [0.15, 0.2) is 11.5 Å². The Morgan fingerprint density at radius 2 is 1.54 bits per heavy atom. The van der Waals surface area contributed by atoms with E-state index in [0.717, 1.165) is 12.8 Å². The lowest BCUT2D eigenvalue weighted by Gasteiger charge is -2.24. The van der Waals surface area contributed by atoms with Crippen LogP contribution in [0, 0.1) is 0 Å². The van der Waals surface area contributed by atoms with Crippen LogP contribution in [-0.4, -0.2) is 51.0 Å². The van der Waals surface area contributed by atoms with Crippen molar-refractivity contribution in [2.45, 2.75) is 25.8 Å². The Kier molecular flexibility index (Phi) is 7.44. The highest BCUT2D eigenvalue weighted by atomic mass is 16.5. The average Bonchev–Trinajstić information content (AvgIpc) is 2.75. The quantitative estimate of drug-likeness (QED) is 0.489. The number of likely N-dealkylation sites (N-methyl/N-ethyl adjacent to an activating group) is 1. The van der Waals surface area contributed by atoms with E-state index in [4.69, 9.17) is 14.2 Å². The van der Waals surface area contributed by atoms with Crippen molar-refractivity contribution in [3.05, 3.63) is 53.6 Å². The Bertz CT molecular complexity index is 794. The van der Waals surface area contributed by atoms with Gasteiger partial charge >= 0.3 is 0 Å². The van der Waals surface area contributed by atoms with E-state index in [1.165, 1.54) is 43.9 Å². The molecule has 28 heavy (non-hydrogen) atoms. The SMILES string of the molecule is COc1cc(C(=O)C(=O)N(C)C(C)CCc2ccccc2)cc(OC)c1OC. The number of ether oxygens (including phenoxy) is 3. The van der Waals surface area contributed by atoms with Gasteiger partial charge in [-0.15, -0.1) is 0 Å². The van der Waals surface area contributed by atoms with Gasteiger partial charge in [0.1, 0.15) is 0 Å². The van der Waals surface area contributed by atoms with Gasteiger partial charge in [-0.25, -0.2) is 0 Å². The maximum absolute atomic E-state index is 12.8. The predicted octanol–water partition coefficient (Wildman–Crippen LogP) is 3.37. The first kappa shape index (κ1) is 21.3. The van der Waals surface area contributed by atoms with Crippen molar-refractivity contribution in [2.75, 3.05) is 28.4 Å². The third-order valence-corrected chi connectivity index (χ3v) is 4.80. The zero-order valence-corrected chi connectivity index (χ0v) is 17.0. The number of Topliss-reactive ketones (excluding diaryl/α,β-unsaturated/α-hetero) is 1. The van der Waals surface area contributed by atoms with Crippen molar-refractivity contribution in [3.63, 3.8) is 0 Å². The van der Waals surface area contributed by atoms with Crippen LogP contribution in [0.3, 0.4) is 0 Å². The lowest BCUT2D eigenvalue weighted by atomic mass is 10.0. The number of amides is 1. The normalized spacial score (nSPS) is 11.5. The molecule has 6 heteroatoms. The van der Waals surface area contributed by atoms with Crippen LogP contribution < -0.4 is 14.2 Å². The van der Waals surface area contributed by atoms with E-state index in [2.05, 4.69) is 12.1 Å². The Labute approximate surface area is 166 Å². The molecule has 0 spiro atoms. The van der Waals surface area contributed by atoms with Crippen LogP contribution in [0.5, 0.6) is 17.2 Å². The second-order valence-corrected chi connectivity index (χ2v) is 6.53. The number of benzene rings is 2. The summed E-state index contributed by atoms with van der Waals surface area (Å²) in [4.78, 5) is 27.0. The van der Waals surface area contributed by atoms with Crippen molar-refractivity contribution in [1.29, 1.82) is 0 Å². The van der Waals surface area contributed by atoms with Crippen molar-refractivity contribution >= 4 is 11.7 Å². The monoisotopic (exact) mass is 385 g/mol. The van der Waals surface area contributed by atoms with Gasteiger partial charge in [-0.3, -0.25) is 9.59 Å². The van der Waals surface area contributed by atoms with Crippen molar-refractivity contribution in [3.8, 4) is 17.2 Å². The van der Waals surface area contributed by atoms with Crippen LogP contribution in [0.4, 0.5) is 0 Å². The molecule has 150 valence electrons. The molecule has 1 amide bonds. The number of ketones is 1. The average molecular weight is 385 g/mol. The van der Waals surface area contributed by atoms with E-state index in [9.17, 15) is 9.59 Å². The number of carbonyl (C=O) groups is 2. The molecule has 0 aliphatic rings. The molecule has 1 atom stereocenters. The fourth-order valence-electron chi connectivity index (χ4n) is 2.91. The molecule has 0 N–H and O–H groups in total. The van der Waals surface area contributed by atoms with Crippen LogP contribution in [-0.2, 0) is 11.2 Å². The van der Waals surface area contributed by atoms with Gasteiger partial charge < -0.3 is 19.1 Å². The molecule has 0 fully saturated rings. The molecule has 0 aliphatic carbocycles. The fraction of sp³-hybridized carbons (Fsp3) is 0.364. The Hall–Kier alpha value is -3.02. The van der Waals surface area contributed by atoms with Gasteiger partial charge in [-0.2, -0.15) is 0 Å². The third kappa shape index (κ3) is 4.82. The maximum Gasteiger partial charge on any atom is 0.294 e. The van der Waals surface area contributed by atoms with Crippen LogP contribution in [0.25, 0.3) is 0 Å². The molecule has 0 radical (unpaired) electrons. The summed E-state index contributed by atoms with van der Waals surface area (Å²) in [5.74, 6) is -0.155. The molecule has 0 bridgehead atoms. The summed E-state index contributed by atoms with van der Waals surface area (Å²) in [6, 6.07) is 12.9. The Balaban J connectivity index is 2.13. The summed E-state index contributed by atoms with van der Waals surface area (Å²) in [7, 11) is 6.05. The van der Waals surface area contributed by atoms with E-state index in [-0.39, 0.29) is 11.6 Å². The van der Waals surface area contributed by atoms with Crippen molar-refractivity contribution < 1.29 is 23.8 Å². The summed E-state index contributed by atoms with van der Waals surface area (Å²) in [5, 5.41) is 0. The number of methoxy groups -OCH3 is 3. The number of aryl methyl sites for hydroxylation is 1. The lowest BCUT2D eigenvalue weighted by Crippen LogP contribution is -2.39. The molecule has 1 unspecified atom stereocenters. The van der Waals surface area contributed by atoms with Gasteiger partial charge in [-0.1, -0.05) is 30.3 Å². The minimum absolute atomic E-state index is 0.0845. The molecule has 0 heterocycles. The summed E-state index contributed by atoms with van der Waals surface area (Å²) in [6.07, 6.45) is 1.59. The molecular formula is C22H27NO5. The van der Waals surface area contributed by atoms with E-state index >= 15 is 0 Å². The zero-order chi connectivity index (χ0) is 20.7. The molecule has 0 aromatic heterocycles. The van der Waals surface area contributed by atoms with Gasteiger partial charge in [0.25, 0.3) is 11.7 Å². The van der Waals surface area contributed by atoms with Gasteiger partial charge in [0, 0.05) is 18.7 Å². The molecule has 2 aromatic rings. The minimum Gasteiger partial charge on any atom is -0.493 e. The Morgan fingerprint density at radius 1 is 0.964 bits per heavy atom. The zero-order valence-electron chi connectivity index (χ0n) is 17.0. The van der Waals surface area contributed by atoms with E-state index < -0.39 is 11.7 Å². The lowest BCUT2D eigenvalue weighted by molar-refractivity contribution is -0.127. The topological polar surface area (TPSA) is 65.1 Å². The highest BCUT2D eigenvalue weighted by Gasteiger charge is 2.26. The van der Waals surface area contributed by atoms with Crippen LogP contribution in [0.1, 0.15) is 29.3 Å². The predicted molar refractivity (Wildman–Crippen MR) is 107 cm³/mol. The van der Waals surface area contributed by atoms with Crippen LogP contribution in [0.2, 0.25) is 0 Å². The van der Waals surface area contributed by atoms with E-state index in [1.807, 2.05) is 25.1 Å². The first-order valence-corrected chi connectivity index (χ1v) is 9.08. The molecular weight excluding hydrogens is 358 g/mol. The van der Waals surface area contributed by atoms with E-state index in [0.29, 0.717) is 17.2 Å².